The van der Waals surface area contributed by atoms with Crippen LogP contribution in [0.2, 0.25) is 0 Å². The first-order valence-electron chi connectivity index (χ1n) is 9.65. The largest absolute Gasteiger partial charge is 0.496 e. The van der Waals surface area contributed by atoms with E-state index in [1.807, 2.05) is 7.11 Å². The van der Waals surface area contributed by atoms with Gasteiger partial charge in [0.1, 0.15) is 5.75 Å². The van der Waals surface area contributed by atoms with Gasteiger partial charge in [-0.1, -0.05) is 53.7 Å². The fraction of sp³-hybridized carbons (Fsp3) is 0.727. The number of hydrogen-bond donors (Lipinski definition) is 0. The summed E-state index contributed by atoms with van der Waals surface area (Å²) in [5.41, 5.74) is 4.30. The number of hydrogen-bond acceptors (Lipinski definition) is 3. The second kappa shape index (κ2) is 8.09. The maximum Gasteiger partial charge on any atom is 0.125 e. The number of rotatable bonds is 5. The Morgan fingerprint density at radius 2 is 1.64 bits per heavy atom. The summed E-state index contributed by atoms with van der Waals surface area (Å²) >= 11 is 0. The van der Waals surface area contributed by atoms with E-state index in [1.54, 1.807) is 0 Å². The van der Waals surface area contributed by atoms with Crippen LogP contribution in [0.5, 0.6) is 5.75 Å². The van der Waals surface area contributed by atoms with Crippen molar-refractivity contribution in [2.75, 3.05) is 40.0 Å². The van der Waals surface area contributed by atoms with Crippen molar-refractivity contribution in [3.8, 4) is 5.75 Å². The highest BCUT2D eigenvalue weighted by molar-refractivity contribution is 5.49. The summed E-state index contributed by atoms with van der Waals surface area (Å²) in [7, 11) is 1.81. The molecule has 142 valence electrons. The van der Waals surface area contributed by atoms with Crippen LogP contribution >= 0.6 is 0 Å². The predicted molar refractivity (Wildman–Crippen MR) is 106 cm³/mol. The zero-order chi connectivity index (χ0) is 18.7. The molecule has 3 nitrogen and oxygen atoms in total. The normalized spacial score (nSPS) is 16.9. The molecular formula is C22H37NO2. The highest BCUT2D eigenvalue weighted by atomic mass is 16.5. The summed E-state index contributed by atoms with van der Waals surface area (Å²) in [6.07, 6.45) is 2.22. The topological polar surface area (TPSA) is 21.7 Å². The molecule has 1 aromatic rings. The first-order chi connectivity index (χ1) is 11.6. The quantitative estimate of drug-likeness (QED) is 0.780. The van der Waals surface area contributed by atoms with Gasteiger partial charge in [0.25, 0.3) is 0 Å². The van der Waals surface area contributed by atoms with Gasteiger partial charge in [-0.25, -0.2) is 0 Å². The monoisotopic (exact) mass is 347 g/mol. The highest BCUT2D eigenvalue weighted by Gasteiger charge is 2.25. The molecule has 0 bridgehead atoms. The van der Waals surface area contributed by atoms with Crippen LogP contribution in [0.25, 0.3) is 0 Å². The van der Waals surface area contributed by atoms with Crippen LogP contribution in [0, 0.1) is 0 Å². The molecule has 0 saturated carbocycles. The molecule has 25 heavy (non-hydrogen) atoms. The maximum atomic E-state index is 5.88. The number of benzene rings is 1. The summed E-state index contributed by atoms with van der Waals surface area (Å²) in [6.45, 7) is 18.7. The van der Waals surface area contributed by atoms with Crippen LogP contribution in [-0.4, -0.2) is 44.9 Å². The summed E-state index contributed by atoms with van der Waals surface area (Å²) in [6, 6.07) is 4.72. The van der Waals surface area contributed by atoms with E-state index in [4.69, 9.17) is 9.47 Å². The minimum absolute atomic E-state index is 0.0750. The van der Waals surface area contributed by atoms with Crippen molar-refractivity contribution in [3.63, 3.8) is 0 Å². The summed E-state index contributed by atoms with van der Waals surface area (Å²) < 4.78 is 11.3. The minimum atomic E-state index is 0.0750. The molecule has 2 rings (SSSR count). The average molecular weight is 348 g/mol. The van der Waals surface area contributed by atoms with E-state index in [1.165, 1.54) is 16.7 Å². The van der Waals surface area contributed by atoms with Gasteiger partial charge in [0.15, 0.2) is 0 Å². The molecular weight excluding hydrogens is 310 g/mol. The van der Waals surface area contributed by atoms with Crippen LogP contribution in [0.15, 0.2) is 12.1 Å². The van der Waals surface area contributed by atoms with Crippen LogP contribution in [0.3, 0.4) is 0 Å². The third-order valence-corrected chi connectivity index (χ3v) is 5.07. The Morgan fingerprint density at radius 3 is 2.16 bits per heavy atom. The second-order valence-corrected chi connectivity index (χ2v) is 9.27. The van der Waals surface area contributed by atoms with E-state index in [9.17, 15) is 0 Å². The lowest BCUT2D eigenvalue weighted by Gasteiger charge is -2.29. The van der Waals surface area contributed by atoms with Crippen molar-refractivity contribution in [1.82, 2.24) is 4.90 Å². The molecule has 1 aromatic carbocycles. The molecule has 1 saturated heterocycles. The molecule has 0 radical (unpaired) electrons. The number of methoxy groups -OCH3 is 1. The predicted octanol–water partition coefficient (Wildman–Crippen LogP) is 4.56. The van der Waals surface area contributed by atoms with Gasteiger partial charge in [-0.3, -0.25) is 4.90 Å². The van der Waals surface area contributed by atoms with E-state index >= 15 is 0 Å². The summed E-state index contributed by atoms with van der Waals surface area (Å²) in [4.78, 5) is 2.51. The van der Waals surface area contributed by atoms with Crippen molar-refractivity contribution in [2.45, 2.75) is 65.2 Å². The average Bonchev–Trinajstić information content (AvgIpc) is 2.53. The Hall–Kier alpha value is -1.06. The molecule has 1 fully saturated rings. The Labute approximate surface area is 154 Å². The van der Waals surface area contributed by atoms with E-state index in [2.05, 4.69) is 58.6 Å². The van der Waals surface area contributed by atoms with Crippen LogP contribution in [0.1, 0.15) is 64.7 Å². The third kappa shape index (κ3) is 5.46. The van der Waals surface area contributed by atoms with Gasteiger partial charge in [-0.15, -0.1) is 0 Å². The van der Waals surface area contributed by atoms with Crippen LogP contribution in [0.4, 0.5) is 0 Å². The molecule has 0 atom stereocenters. The lowest BCUT2D eigenvalue weighted by molar-refractivity contribution is 0.0374. The first kappa shape index (κ1) is 20.3. The van der Waals surface area contributed by atoms with Gasteiger partial charge < -0.3 is 9.47 Å². The van der Waals surface area contributed by atoms with E-state index in [0.717, 1.165) is 51.4 Å². The van der Waals surface area contributed by atoms with Gasteiger partial charge in [0.05, 0.1) is 20.3 Å². The van der Waals surface area contributed by atoms with Gasteiger partial charge >= 0.3 is 0 Å². The molecule has 0 spiro atoms. The zero-order valence-electron chi connectivity index (χ0n) is 17.4. The standard InChI is InChI=1S/C22H37NO2/c1-21(2,3)18-15-17(9-8-10-23-11-13-25-14-12-23)20(24-7)19(16-18)22(4,5)6/h15-16H,8-14H2,1-7H3. The highest BCUT2D eigenvalue weighted by Crippen LogP contribution is 2.38. The van der Waals surface area contributed by atoms with Crippen molar-refractivity contribution in [1.29, 1.82) is 0 Å². The lowest BCUT2D eigenvalue weighted by Crippen LogP contribution is -2.37. The van der Waals surface area contributed by atoms with E-state index in [-0.39, 0.29) is 10.8 Å². The molecule has 3 heteroatoms. The van der Waals surface area contributed by atoms with Crippen molar-refractivity contribution in [2.24, 2.45) is 0 Å². The zero-order valence-corrected chi connectivity index (χ0v) is 17.4. The fourth-order valence-corrected chi connectivity index (χ4v) is 3.42. The van der Waals surface area contributed by atoms with E-state index in [0.29, 0.717) is 0 Å². The number of morpholine rings is 1. The molecule has 1 heterocycles. The molecule has 0 amide bonds. The van der Waals surface area contributed by atoms with Gasteiger partial charge in [-0.05, 0) is 41.3 Å². The molecule has 1 aliphatic rings. The van der Waals surface area contributed by atoms with E-state index < -0.39 is 0 Å². The van der Waals surface area contributed by atoms with Crippen LogP contribution in [-0.2, 0) is 22.0 Å². The Morgan fingerprint density at radius 1 is 1.00 bits per heavy atom. The number of ether oxygens (including phenoxy) is 2. The molecule has 0 aromatic heterocycles. The molecule has 0 aliphatic carbocycles. The van der Waals surface area contributed by atoms with Crippen molar-refractivity contribution >= 4 is 0 Å². The van der Waals surface area contributed by atoms with Crippen molar-refractivity contribution < 1.29 is 9.47 Å². The Bertz CT molecular complexity index is 561. The maximum absolute atomic E-state index is 5.88. The second-order valence-electron chi connectivity index (χ2n) is 9.27. The lowest BCUT2D eigenvalue weighted by atomic mass is 9.78. The van der Waals surface area contributed by atoms with Gasteiger partial charge in [0.2, 0.25) is 0 Å². The Balaban J connectivity index is 2.24. The summed E-state index contributed by atoms with van der Waals surface area (Å²) in [5.74, 6) is 1.09. The van der Waals surface area contributed by atoms with Gasteiger partial charge in [-0.2, -0.15) is 0 Å². The SMILES string of the molecule is COc1c(CCCN2CCOCC2)cc(C(C)(C)C)cc1C(C)(C)C. The molecule has 0 N–H and O–H groups in total. The third-order valence-electron chi connectivity index (χ3n) is 5.07. The molecule has 1 aliphatic heterocycles. The minimum Gasteiger partial charge on any atom is -0.496 e. The fourth-order valence-electron chi connectivity index (χ4n) is 3.42. The molecule has 0 unspecified atom stereocenters. The Kier molecular flexibility index (Phi) is 6.56. The number of nitrogens with zero attached hydrogens (tertiary/aromatic N) is 1. The van der Waals surface area contributed by atoms with Gasteiger partial charge in [0, 0.05) is 18.7 Å². The number of aryl methyl sites for hydroxylation is 1. The first-order valence-corrected chi connectivity index (χ1v) is 9.65. The van der Waals surface area contributed by atoms with Crippen LogP contribution < -0.4 is 4.74 Å². The summed E-state index contributed by atoms with van der Waals surface area (Å²) in [5, 5.41) is 0. The smallest absolute Gasteiger partial charge is 0.125 e. The van der Waals surface area contributed by atoms with Crippen molar-refractivity contribution in [3.05, 3.63) is 28.8 Å².